The predicted octanol–water partition coefficient (Wildman–Crippen LogP) is 1.25. The molecule has 0 spiro atoms. The van der Waals surface area contributed by atoms with E-state index < -0.39 is 10.8 Å². The highest BCUT2D eigenvalue weighted by Gasteiger charge is 2.35. The number of carbonyl (C=O) groups is 1. The molecule has 1 aliphatic rings. The Balaban J connectivity index is 1.84. The van der Waals surface area contributed by atoms with Gasteiger partial charge in [0.05, 0.1) is 10.4 Å². The fourth-order valence-electron chi connectivity index (χ4n) is 2.52. The summed E-state index contributed by atoms with van der Waals surface area (Å²) < 4.78 is 13.3. The molecule has 6 nitrogen and oxygen atoms in total. The standard InChI is InChI=1S/C15H18N4O2S/c1-15(2)11-18(8-9-22(15)21)14(20)13-10-12(4-6-16-13)19-7-3-5-17-19/h3-7,10H,8-9,11H2,1-2H3/t22-/m1/s1. The summed E-state index contributed by atoms with van der Waals surface area (Å²) in [6.07, 6.45) is 5.11. The number of amides is 1. The third kappa shape index (κ3) is 2.81. The Morgan fingerprint density at radius 1 is 1.36 bits per heavy atom. The van der Waals surface area contributed by atoms with Gasteiger partial charge in [-0.25, -0.2) is 4.68 Å². The summed E-state index contributed by atoms with van der Waals surface area (Å²) in [6.45, 7) is 4.83. The van der Waals surface area contributed by atoms with Gasteiger partial charge in [-0.05, 0) is 32.0 Å². The molecule has 0 N–H and O–H groups in total. The molecule has 1 atom stereocenters. The van der Waals surface area contributed by atoms with Crippen LogP contribution in [0.15, 0.2) is 36.8 Å². The van der Waals surface area contributed by atoms with Crippen molar-refractivity contribution in [1.29, 1.82) is 0 Å². The summed E-state index contributed by atoms with van der Waals surface area (Å²) >= 11 is 0. The third-order valence-corrected chi connectivity index (χ3v) is 5.67. The molecule has 116 valence electrons. The molecule has 0 aromatic carbocycles. The Hall–Kier alpha value is -2.02. The van der Waals surface area contributed by atoms with Crippen molar-refractivity contribution in [2.45, 2.75) is 18.6 Å². The number of carbonyl (C=O) groups excluding carboxylic acids is 1. The highest BCUT2D eigenvalue weighted by atomic mass is 32.2. The van der Waals surface area contributed by atoms with Crippen LogP contribution in [0.2, 0.25) is 0 Å². The zero-order valence-electron chi connectivity index (χ0n) is 12.6. The molecular formula is C15H18N4O2S. The smallest absolute Gasteiger partial charge is 0.272 e. The number of hydrogen-bond acceptors (Lipinski definition) is 4. The Kier molecular flexibility index (Phi) is 3.82. The highest BCUT2D eigenvalue weighted by molar-refractivity contribution is 7.86. The van der Waals surface area contributed by atoms with Gasteiger partial charge >= 0.3 is 0 Å². The summed E-state index contributed by atoms with van der Waals surface area (Å²) in [5, 5.41) is 4.16. The van der Waals surface area contributed by atoms with E-state index in [0.717, 1.165) is 5.69 Å². The summed E-state index contributed by atoms with van der Waals surface area (Å²) in [5.41, 5.74) is 1.18. The molecule has 1 aliphatic heterocycles. The van der Waals surface area contributed by atoms with Gasteiger partial charge in [-0.15, -0.1) is 0 Å². The first-order valence-electron chi connectivity index (χ1n) is 7.11. The minimum absolute atomic E-state index is 0.126. The maximum absolute atomic E-state index is 12.7. The number of rotatable bonds is 2. The van der Waals surface area contributed by atoms with E-state index in [4.69, 9.17) is 0 Å². The molecule has 2 aromatic rings. The minimum atomic E-state index is -0.901. The molecule has 0 bridgehead atoms. The topological polar surface area (TPSA) is 68.1 Å². The zero-order chi connectivity index (χ0) is 15.7. The molecule has 0 radical (unpaired) electrons. The van der Waals surface area contributed by atoms with Gasteiger partial charge in [-0.2, -0.15) is 5.10 Å². The first-order valence-corrected chi connectivity index (χ1v) is 8.43. The number of pyridine rings is 1. The molecular weight excluding hydrogens is 300 g/mol. The van der Waals surface area contributed by atoms with Gasteiger partial charge in [0.25, 0.3) is 5.91 Å². The van der Waals surface area contributed by atoms with Crippen LogP contribution in [0.3, 0.4) is 0 Å². The minimum Gasteiger partial charge on any atom is -0.335 e. The first kappa shape index (κ1) is 14.9. The second-order valence-electron chi connectivity index (χ2n) is 5.89. The molecule has 3 rings (SSSR count). The van der Waals surface area contributed by atoms with Crippen LogP contribution in [-0.2, 0) is 10.8 Å². The number of aromatic nitrogens is 3. The van der Waals surface area contributed by atoms with E-state index in [1.807, 2.05) is 26.1 Å². The summed E-state index contributed by atoms with van der Waals surface area (Å²) in [6, 6.07) is 5.36. The Labute approximate surface area is 131 Å². The summed E-state index contributed by atoms with van der Waals surface area (Å²) in [7, 11) is -0.901. The van der Waals surface area contributed by atoms with Crippen LogP contribution in [0.4, 0.5) is 0 Å². The molecule has 2 aromatic heterocycles. The van der Waals surface area contributed by atoms with Crippen LogP contribution in [0.5, 0.6) is 0 Å². The third-order valence-electron chi connectivity index (χ3n) is 3.75. The average Bonchev–Trinajstić information content (AvgIpc) is 3.04. The van der Waals surface area contributed by atoms with Crippen molar-refractivity contribution >= 4 is 16.7 Å². The van der Waals surface area contributed by atoms with Crippen LogP contribution in [0, 0.1) is 0 Å². The molecule has 0 unspecified atom stereocenters. The van der Waals surface area contributed by atoms with Gasteiger partial charge in [0, 0.05) is 48.2 Å². The van der Waals surface area contributed by atoms with Crippen molar-refractivity contribution in [3.8, 4) is 5.69 Å². The van der Waals surface area contributed by atoms with Gasteiger partial charge in [-0.3, -0.25) is 14.0 Å². The maximum atomic E-state index is 12.7. The first-order chi connectivity index (χ1) is 10.5. The molecule has 1 saturated heterocycles. The van der Waals surface area contributed by atoms with E-state index in [-0.39, 0.29) is 10.7 Å². The summed E-state index contributed by atoms with van der Waals surface area (Å²) in [5.74, 6) is 0.385. The quantitative estimate of drug-likeness (QED) is 0.836. The molecule has 0 saturated carbocycles. The van der Waals surface area contributed by atoms with E-state index in [1.165, 1.54) is 0 Å². The van der Waals surface area contributed by atoms with Crippen LogP contribution >= 0.6 is 0 Å². The molecule has 7 heteroatoms. The van der Waals surface area contributed by atoms with E-state index in [9.17, 15) is 9.00 Å². The average molecular weight is 318 g/mol. The molecule has 1 fully saturated rings. The lowest BCUT2D eigenvalue weighted by molar-refractivity contribution is 0.0740. The monoisotopic (exact) mass is 318 g/mol. The van der Waals surface area contributed by atoms with Gasteiger partial charge in [0.15, 0.2) is 0 Å². The van der Waals surface area contributed by atoms with Crippen molar-refractivity contribution in [1.82, 2.24) is 19.7 Å². The highest BCUT2D eigenvalue weighted by Crippen LogP contribution is 2.21. The van der Waals surface area contributed by atoms with E-state index in [2.05, 4.69) is 10.1 Å². The van der Waals surface area contributed by atoms with Gasteiger partial charge < -0.3 is 4.90 Å². The van der Waals surface area contributed by atoms with Crippen LogP contribution in [0.25, 0.3) is 5.69 Å². The van der Waals surface area contributed by atoms with E-state index in [1.54, 1.807) is 34.1 Å². The second-order valence-corrected chi connectivity index (χ2v) is 8.09. The zero-order valence-corrected chi connectivity index (χ0v) is 13.4. The van der Waals surface area contributed by atoms with E-state index >= 15 is 0 Å². The molecule has 3 heterocycles. The fraction of sp³-hybridized carbons (Fsp3) is 0.400. The van der Waals surface area contributed by atoms with Crippen molar-refractivity contribution in [2.24, 2.45) is 0 Å². The van der Waals surface area contributed by atoms with Crippen molar-refractivity contribution in [3.05, 3.63) is 42.5 Å². The molecule has 22 heavy (non-hydrogen) atoms. The number of nitrogens with zero attached hydrogens (tertiary/aromatic N) is 4. The summed E-state index contributed by atoms with van der Waals surface area (Å²) in [4.78, 5) is 18.6. The lowest BCUT2D eigenvalue weighted by Gasteiger charge is -2.37. The lowest BCUT2D eigenvalue weighted by atomic mass is 10.1. The lowest BCUT2D eigenvalue weighted by Crippen LogP contribution is -2.52. The van der Waals surface area contributed by atoms with Crippen molar-refractivity contribution < 1.29 is 9.00 Å². The fourth-order valence-corrected chi connectivity index (χ4v) is 3.75. The molecule has 1 amide bonds. The van der Waals surface area contributed by atoms with Crippen molar-refractivity contribution in [3.63, 3.8) is 0 Å². The van der Waals surface area contributed by atoms with Gasteiger partial charge in [-0.1, -0.05) is 0 Å². The van der Waals surface area contributed by atoms with Gasteiger partial charge in [0.2, 0.25) is 0 Å². The maximum Gasteiger partial charge on any atom is 0.272 e. The normalized spacial score (nSPS) is 20.8. The Bertz CT molecular complexity index is 712. The SMILES string of the molecule is CC1(C)CN(C(=O)c2cc(-n3cccn3)ccn2)CC[S@]1=O. The van der Waals surface area contributed by atoms with Gasteiger partial charge in [0.1, 0.15) is 5.69 Å². The second kappa shape index (κ2) is 5.64. The largest absolute Gasteiger partial charge is 0.335 e. The molecule has 0 aliphatic carbocycles. The van der Waals surface area contributed by atoms with E-state index in [0.29, 0.717) is 24.5 Å². The number of hydrogen-bond donors (Lipinski definition) is 0. The van der Waals surface area contributed by atoms with Crippen LogP contribution in [-0.4, -0.2) is 53.4 Å². The van der Waals surface area contributed by atoms with Crippen molar-refractivity contribution in [2.75, 3.05) is 18.8 Å². The van der Waals surface area contributed by atoms with Crippen LogP contribution in [0.1, 0.15) is 24.3 Å². The predicted molar refractivity (Wildman–Crippen MR) is 84.4 cm³/mol. The van der Waals surface area contributed by atoms with Crippen LogP contribution < -0.4 is 0 Å². The Morgan fingerprint density at radius 2 is 2.18 bits per heavy atom. The Morgan fingerprint density at radius 3 is 2.86 bits per heavy atom.